The number of carboxylic acids is 1. The van der Waals surface area contributed by atoms with E-state index < -0.39 is 34.6 Å². The van der Waals surface area contributed by atoms with Gasteiger partial charge in [-0.3, -0.25) is 4.79 Å². The minimum Gasteiger partial charge on any atom is -0.482 e. The molecule has 0 bridgehead atoms. The van der Waals surface area contributed by atoms with E-state index in [2.05, 4.69) is 20.0 Å². The number of hydrogen-bond donors (Lipinski definition) is 3. The minimum atomic E-state index is -4.24. The van der Waals surface area contributed by atoms with Gasteiger partial charge >= 0.3 is 12.1 Å². The Kier molecular flexibility index (Phi) is 8.77. The van der Waals surface area contributed by atoms with Crippen molar-refractivity contribution in [1.29, 1.82) is 0 Å². The molecule has 0 unspecified atom stereocenters. The van der Waals surface area contributed by atoms with E-state index in [4.69, 9.17) is 9.84 Å². The number of methoxy groups -OCH3 is 1. The lowest BCUT2D eigenvalue weighted by atomic mass is 10.1. The number of nitrogens with zero attached hydrogens (tertiary/aromatic N) is 2. The molecule has 208 valence electrons. The van der Waals surface area contributed by atoms with Crippen molar-refractivity contribution in [3.63, 3.8) is 0 Å². The molecule has 0 saturated heterocycles. The molecule has 2 aromatic carbocycles. The van der Waals surface area contributed by atoms with Gasteiger partial charge in [-0.1, -0.05) is 18.2 Å². The smallest absolute Gasteiger partial charge is 0.407 e. The lowest BCUT2D eigenvalue weighted by molar-refractivity contribution is -0.139. The first-order valence-electron chi connectivity index (χ1n) is 11.4. The van der Waals surface area contributed by atoms with Crippen molar-refractivity contribution in [3.8, 4) is 26.9 Å². The van der Waals surface area contributed by atoms with E-state index in [-0.39, 0.29) is 22.8 Å². The molecule has 0 fully saturated rings. The minimum absolute atomic E-state index is 0.0347. The van der Waals surface area contributed by atoms with Gasteiger partial charge in [-0.2, -0.15) is 0 Å². The number of sulfonamides is 1. The number of aryl methyl sites for hydroxylation is 1. The van der Waals surface area contributed by atoms with Crippen LogP contribution >= 0.6 is 22.7 Å². The molecule has 0 aliphatic heterocycles. The third-order valence-electron chi connectivity index (χ3n) is 5.25. The fourth-order valence-electron chi connectivity index (χ4n) is 3.38. The predicted molar refractivity (Wildman–Crippen MR) is 147 cm³/mol. The highest BCUT2D eigenvalue weighted by atomic mass is 32.2. The highest BCUT2D eigenvalue weighted by Gasteiger charge is 2.20. The maximum atomic E-state index is 12.7. The van der Waals surface area contributed by atoms with Gasteiger partial charge in [-0.25, -0.2) is 32.7 Å². The van der Waals surface area contributed by atoms with E-state index in [1.165, 1.54) is 60.1 Å². The Hall–Kier alpha value is -4.34. The molecule has 2 amide bonds. The number of thiazole rings is 2. The number of nitrogens with one attached hydrogen (secondary N) is 2. The quantitative estimate of drug-likeness (QED) is 0.243. The molecule has 0 atom stereocenters. The highest BCUT2D eigenvalue weighted by molar-refractivity contribution is 7.90. The number of carboxylic acid groups (broad SMARTS) is 1. The maximum Gasteiger partial charge on any atom is 0.407 e. The Morgan fingerprint density at radius 1 is 1.07 bits per heavy atom. The summed E-state index contributed by atoms with van der Waals surface area (Å²) in [5.74, 6) is -2.01. The number of rotatable bonds is 10. The van der Waals surface area contributed by atoms with Gasteiger partial charge in [-0.15, -0.1) is 22.7 Å². The number of carbonyl (C=O) groups excluding carboxylic acids is 2. The van der Waals surface area contributed by atoms with E-state index in [9.17, 15) is 22.8 Å². The monoisotopic (exact) mass is 602 g/mol. The van der Waals surface area contributed by atoms with Crippen LogP contribution in [-0.4, -0.2) is 55.2 Å². The summed E-state index contributed by atoms with van der Waals surface area (Å²) in [5, 5.41) is 14.6. The van der Waals surface area contributed by atoms with Crippen LogP contribution in [0.4, 0.5) is 4.79 Å². The normalized spacial score (nSPS) is 11.1. The lowest BCUT2D eigenvalue weighted by Gasteiger charge is -2.09. The van der Waals surface area contributed by atoms with Gasteiger partial charge in [0.05, 0.1) is 34.8 Å². The van der Waals surface area contributed by atoms with Crippen molar-refractivity contribution in [1.82, 2.24) is 20.0 Å². The van der Waals surface area contributed by atoms with Crippen molar-refractivity contribution < 1.29 is 37.4 Å². The molecule has 0 aliphatic carbocycles. The second-order valence-electron chi connectivity index (χ2n) is 8.07. The molecule has 40 heavy (non-hydrogen) atoms. The lowest BCUT2D eigenvalue weighted by Crippen LogP contribution is -2.30. The molecule has 0 spiro atoms. The molecule has 2 aromatic heterocycles. The number of alkyl carbamates (subject to hydrolysis) is 1. The Morgan fingerprint density at radius 2 is 1.82 bits per heavy atom. The molecule has 0 aliphatic rings. The van der Waals surface area contributed by atoms with Crippen LogP contribution in [0.2, 0.25) is 0 Å². The van der Waals surface area contributed by atoms with Gasteiger partial charge in [-0.05, 0) is 31.2 Å². The van der Waals surface area contributed by atoms with Crippen LogP contribution in [0.3, 0.4) is 0 Å². The zero-order valence-electron chi connectivity index (χ0n) is 21.0. The van der Waals surface area contributed by atoms with Crippen LogP contribution in [-0.2, 0) is 26.1 Å². The van der Waals surface area contributed by atoms with Gasteiger partial charge in [0.25, 0.3) is 15.9 Å². The van der Waals surface area contributed by atoms with Crippen molar-refractivity contribution in [3.05, 3.63) is 70.2 Å². The molecule has 2 heterocycles. The molecule has 0 radical (unpaired) electrons. The molecule has 4 aromatic rings. The fourth-order valence-corrected chi connectivity index (χ4v) is 6.24. The van der Waals surface area contributed by atoms with Crippen LogP contribution in [0.15, 0.2) is 58.8 Å². The SMILES string of the molecule is COC(=O)NCc1nc(C)c(-c2csc(-c3ccc(C(=O)NS(=O)(=O)c4cccc(OCC(=O)O)c4)cc3)n2)s1. The van der Waals surface area contributed by atoms with Crippen molar-refractivity contribution >= 4 is 50.7 Å². The number of aliphatic carboxylic acids is 1. The summed E-state index contributed by atoms with van der Waals surface area (Å²) >= 11 is 2.81. The Labute approximate surface area is 236 Å². The maximum absolute atomic E-state index is 12.7. The molecule has 0 saturated carbocycles. The number of amides is 2. The zero-order chi connectivity index (χ0) is 28.9. The van der Waals surface area contributed by atoms with E-state index in [0.29, 0.717) is 10.0 Å². The van der Waals surface area contributed by atoms with Crippen LogP contribution in [0.25, 0.3) is 21.1 Å². The van der Waals surface area contributed by atoms with Gasteiger partial charge in [0, 0.05) is 22.6 Å². The highest BCUT2D eigenvalue weighted by Crippen LogP contribution is 2.34. The largest absolute Gasteiger partial charge is 0.482 e. The van der Waals surface area contributed by atoms with Gasteiger partial charge in [0.15, 0.2) is 6.61 Å². The van der Waals surface area contributed by atoms with Gasteiger partial charge < -0.3 is 19.9 Å². The van der Waals surface area contributed by atoms with Gasteiger partial charge in [0.1, 0.15) is 15.8 Å². The van der Waals surface area contributed by atoms with E-state index in [1.807, 2.05) is 17.0 Å². The fraction of sp³-hybridized carbons (Fsp3) is 0.160. The molecule has 12 nitrogen and oxygen atoms in total. The first-order chi connectivity index (χ1) is 19.1. The second kappa shape index (κ2) is 12.2. The molecule has 15 heteroatoms. The van der Waals surface area contributed by atoms with E-state index >= 15 is 0 Å². The molecule has 3 N–H and O–H groups in total. The first-order valence-corrected chi connectivity index (χ1v) is 14.6. The van der Waals surface area contributed by atoms with Crippen molar-refractivity contribution in [2.75, 3.05) is 13.7 Å². The summed E-state index contributed by atoms with van der Waals surface area (Å²) in [6.07, 6.45) is -0.545. The Bertz CT molecular complexity index is 1660. The third-order valence-corrected chi connectivity index (χ3v) is 8.65. The first kappa shape index (κ1) is 28.7. The van der Waals surface area contributed by atoms with Crippen LogP contribution in [0.5, 0.6) is 5.75 Å². The summed E-state index contributed by atoms with van der Waals surface area (Å²) in [7, 11) is -2.96. The Morgan fingerprint density at radius 3 is 2.52 bits per heavy atom. The van der Waals surface area contributed by atoms with E-state index in [1.54, 1.807) is 12.1 Å². The average Bonchev–Trinajstić information content (AvgIpc) is 3.57. The zero-order valence-corrected chi connectivity index (χ0v) is 23.5. The van der Waals surface area contributed by atoms with Crippen molar-refractivity contribution in [2.24, 2.45) is 0 Å². The topological polar surface area (TPSA) is 174 Å². The number of aromatic nitrogens is 2. The van der Waals surface area contributed by atoms with Crippen LogP contribution in [0.1, 0.15) is 21.1 Å². The van der Waals surface area contributed by atoms with E-state index in [0.717, 1.165) is 27.9 Å². The summed E-state index contributed by atoms with van der Waals surface area (Å²) < 4.78 is 37.0. The molecule has 4 rings (SSSR count). The number of carbonyl (C=O) groups is 3. The average molecular weight is 603 g/mol. The molecular formula is C25H22N4O8S3. The van der Waals surface area contributed by atoms with Crippen LogP contribution < -0.4 is 14.8 Å². The number of benzene rings is 2. The summed E-state index contributed by atoms with van der Waals surface area (Å²) in [5.41, 5.74) is 2.34. The Balaban J connectivity index is 1.44. The summed E-state index contributed by atoms with van der Waals surface area (Å²) in [6, 6.07) is 11.5. The van der Waals surface area contributed by atoms with Gasteiger partial charge in [0.2, 0.25) is 0 Å². The molecular weight excluding hydrogens is 580 g/mol. The predicted octanol–water partition coefficient (Wildman–Crippen LogP) is 3.68. The third kappa shape index (κ3) is 6.99. The van der Waals surface area contributed by atoms with Crippen LogP contribution in [0, 0.1) is 6.92 Å². The van der Waals surface area contributed by atoms with Crippen molar-refractivity contribution in [2.45, 2.75) is 18.4 Å². The summed E-state index contributed by atoms with van der Waals surface area (Å²) in [4.78, 5) is 44.4. The number of hydrogen-bond acceptors (Lipinski definition) is 11. The summed E-state index contributed by atoms with van der Waals surface area (Å²) in [6.45, 7) is 1.45. The second-order valence-corrected chi connectivity index (χ2v) is 11.7. The number of ether oxygens (including phenoxy) is 2. The standard InChI is InChI=1S/C25H22N4O8S3/c1-14-22(39-20(27-14)11-26-25(33)36-2)19-13-38-24(28-19)16-8-6-15(7-9-16)23(32)29-40(34,35)18-5-3-4-17(10-18)37-12-21(30)31/h3-10,13H,11-12H2,1-2H3,(H,26,33)(H,29,32)(H,30,31).